The van der Waals surface area contributed by atoms with Crippen molar-refractivity contribution in [3.05, 3.63) is 70.9 Å². The Morgan fingerprint density at radius 3 is 2.96 bits per heavy atom. The molecule has 0 aliphatic carbocycles. The average Bonchev–Trinajstić information content (AvgIpc) is 3.35. The van der Waals surface area contributed by atoms with Crippen LogP contribution in [0, 0.1) is 5.82 Å². The van der Waals surface area contributed by atoms with Crippen LogP contribution in [0.5, 0.6) is 0 Å². The maximum Gasteiger partial charge on any atom is 0.268 e. The lowest BCUT2D eigenvalue weighted by atomic mass is 10.1. The molecule has 0 fully saturated rings. The summed E-state index contributed by atoms with van der Waals surface area (Å²) in [6.45, 7) is -0.364. The minimum absolute atomic E-state index is 0.0774. The van der Waals surface area contributed by atoms with Gasteiger partial charge in [-0.2, -0.15) is 5.10 Å². The third kappa shape index (κ3) is 3.35. The van der Waals surface area contributed by atoms with E-state index in [0.717, 1.165) is 10.9 Å². The van der Waals surface area contributed by atoms with Gasteiger partial charge in [0.25, 0.3) is 5.91 Å². The van der Waals surface area contributed by atoms with Crippen molar-refractivity contribution in [1.29, 1.82) is 0 Å². The van der Waals surface area contributed by atoms with E-state index < -0.39 is 17.8 Å². The summed E-state index contributed by atoms with van der Waals surface area (Å²) in [5.74, 6) is -0.994. The van der Waals surface area contributed by atoms with E-state index in [1.54, 1.807) is 24.5 Å². The zero-order valence-corrected chi connectivity index (χ0v) is 15.2. The lowest BCUT2D eigenvalue weighted by Gasteiger charge is -2.16. The molecule has 3 aromatic heterocycles. The number of aromatic nitrogens is 4. The average molecular weight is 400 g/mol. The van der Waals surface area contributed by atoms with Gasteiger partial charge in [-0.25, -0.2) is 9.37 Å². The number of benzene rings is 1. The maximum atomic E-state index is 13.3. The SMILES string of the molecule is O=C(N[C@H](CO)c1ccc(F)c(Cl)c1)c1cc(-c2n[nH]c3ncccc23)c[nH]1. The van der Waals surface area contributed by atoms with E-state index in [0.29, 0.717) is 22.6 Å². The Morgan fingerprint density at radius 1 is 1.32 bits per heavy atom. The number of nitrogens with one attached hydrogen (secondary N) is 3. The molecule has 0 unspecified atom stereocenters. The number of amides is 1. The number of halogens is 2. The topological polar surface area (TPSA) is 107 Å². The quantitative estimate of drug-likeness (QED) is 0.413. The van der Waals surface area contributed by atoms with Crippen LogP contribution >= 0.6 is 11.6 Å². The van der Waals surface area contributed by atoms with Gasteiger partial charge in [0.05, 0.1) is 17.7 Å². The molecule has 0 radical (unpaired) electrons. The van der Waals surface area contributed by atoms with Crippen LogP contribution in [0.4, 0.5) is 4.39 Å². The summed E-state index contributed by atoms with van der Waals surface area (Å²) in [6, 6.07) is 8.65. The van der Waals surface area contributed by atoms with Crippen molar-refractivity contribution in [2.24, 2.45) is 0 Å². The van der Waals surface area contributed by atoms with Crippen molar-refractivity contribution in [1.82, 2.24) is 25.5 Å². The van der Waals surface area contributed by atoms with Gasteiger partial charge in [0.1, 0.15) is 17.2 Å². The molecule has 0 saturated carbocycles. The van der Waals surface area contributed by atoms with Gasteiger partial charge in [0.2, 0.25) is 0 Å². The normalized spacial score (nSPS) is 12.2. The Balaban J connectivity index is 1.56. The van der Waals surface area contributed by atoms with Gasteiger partial charge in [0, 0.05) is 23.3 Å². The molecule has 7 nitrogen and oxygen atoms in total. The number of aromatic amines is 2. The smallest absolute Gasteiger partial charge is 0.268 e. The molecule has 0 aliphatic rings. The van der Waals surface area contributed by atoms with Crippen molar-refractivity contribution in [3.8, 4) is 11.3 Å². The van der Waals surface area contributed by atoms with Crippen LogP contribution in [0.3, 0.4) is 0 Å². The molecule has 0 saturated heterocycles. The fraction of sp³-hybridized carbons (Fsp3) is 0.105. The van der Waals surface area contributed by atoms with Gasteiger partial charge in [-0.15, -0.1) is 0 Å². The first-order chi connectivity index (χ1) is 13.6. The summed E-state index contributed by atoms with van der Waals surface area (Å²) < 4.78 is 13.3. The number of rotatable bonds is 5. The van der Waals surface area contributed by atoms with Crippen LogP contribution in [-0.2, 0) is 0 Å². The summed E-state index contributed by atoms with van der Waals surface area (Å²) in [5, 5.41) is 20.2. The number of aliphatic hydroxyl groups is 1. The molecule has 1 aromatic carbocycles. The van der Waals surface area contributed by atoms with Gasteiger partial charge < -0.3 is 15.4 Å². The van der Waals surface area contributed by atoms with Crippen molar-refractivity contribution < 1.29 is 14.3 Å². The van der Waals surface area contributed by atoms with Crippen LogP contribution in [0.15, 0.2) is 48.8 Å². The highest BCUT2D eigenvalue weighted by Crippen LogP contribution is 2.26. The monoisotopic (exact) mass is 399 g/mol. The van der Waals surface area contributed by atoms with Gasteiger partial charge in [-0.3, -0.25) is 9.89 Å². The van der Waals surface area contributed by atoms with Crippen molar-refractivity contribution in [2.45, 2.75) is 6.04 Å². The fourth-order valence-electron chi connectivity index (χ4n) is 2.94. The summed E-state index contributed by atoms with van der Waals surface area (Å²) in [5.41, 5.74) is 2.83. The third-order valence-electron chi connectivity index (χ3n) is 4.37. The number of H-pyrrole nitrogens is 2. The molecule has 4 rings (SSSR count). The fourth-order valence-corrected chi connectivity index (χ4v) is 3.13. The van der Waals surface area contributed by atoms with E-state index in [9.17, 15) is 14.3 Å². The zero-order chi connectivity index (χ0) is 19.7. The van der Waals surface area contributed by atoms with Crippen LogP contribution in [0.25, 0.3) is 22.3 Å². The zero-order valence-electron chi connectivity index (χ0n) is 14.4. The molecule has 28 heavy (non-hydrogen) atoms. The Hall–Kier alpha value is -3.23. The highest BCUT2D eigenvalue weighted by Gasteiger charge is 2.19. The standard InChI is InChI=1S/C19H15ClFN5O2/c20-13-6-10(3-4-14(13)21)16(9-27)24-19(28)15-7-11(8-23-15)17-12-2-1-5-22-18(12)26-25-17/h1-8,16,23,27H,9H2,(H,24,28)(H,22,25,26)/t16-/m1/s1. The number of hydrogen-bond donors (Lipinski definition) is 4. The maximum absolute atomic E-state index is 13.3. The minimum Gasteiger partial charge on any atom is -0.394 e. The molecule has 1 amide bonds. The first-order valence-electron chi connectivity index (χ1n) is 8.41. The molecular formula is C19H15ClFN5O2. The summed E-state index contributed by atoms with van der Waals surface area (Å²) in [6.07, 6.45) is 3.33. The largest absolute Gasteiger partial charge is 0.394 e. The third-order valence-corrected chi connectivity index (χ3v) is 4.66. The first-order valence-corrected chi connectivity index (χ1v) is 8.79. The van der Waals surface area contributed by atoms with Crippen LogP contribution in [0.1, 0.15) is 22.1 Å². The first kappa shape index (κ1) is 18.1. The Bertz CT molecular complexity index is 1160. The van der Waals surface area contributed by atoms with E-state index in [1.165, 1.54) is 18.2 Å². The number of pyridine rings is 1. The summed E-state index contributed by atoms with van der Waals surface area (Å²) in [4.78, 5) is 19.7. The molecule has 4 aromatic rings. The van der Waals surface area contributed by atoms with Gasteiger partial charge in [-0.05, 0) is 35.9 Å². The van der Waals surface area contributed by atoms with Crippen molar-refractivity contribution >= 4 is 28.5 Å². The van der Waals surface area contributed by atoms with Crippen LogP contribution in [-0.4, -0.2) is 37.8 Å². The molecule has 3 heterocycles. The van der Waals surface area contributed by atoms with E-state index in [4.69, 9.17) is 11.6 Å². The highest BCUT2D eigenvalue weighted by atomic mass is 35.5. The molecule has 1 atom stereocenters. The molecule has 9 heteroatoms. The molecule has 142 valence electrons. The molecule has 0 aliphatic heterocycles. The van der Waals surface area contributed by atoms with Crippen molar-refractivity contribution in [3.63, 3.8) is 0 Å². The van der Waals surface area contributed by atoms with Crippen LogP contribution in [0.2, 0.25) is 5.02 Å². The lowest BCUT2D eigenvalue weighted by molar-refractivity contribution is 0.0912. The number of carbonyl (C=O) groups is 1. The summed E-state index contributed by atoms with van der Waals surface area (Å²) >= 11 is 5.79. The van der Waals surface area contributed by atoms with Gasteiger partial charge in [0.15, 0.2) is 5.65 Å². The number of nitrogens with zero attached hydrogens (tertiary/aromatic N) is 2. The van der Waals surface area contributed by atoms with E-state index >= 15 is 0 Å². The van der Waals surface area contributed by atoms with Gasteiger partial charge in [-0.1, -0.05) is 17.7 Å². The summed E-state index contributed by atoms with van der Waals surface area (Å²) in [7, 11) is 0. The predicted octanol–water partition coefficient (Wildman–Crippen LogP) is 3.21. The molecule has 0 spiro atoms. The Morgan fingerprint density at radius 2 is 2.18 bits per heavy atom. The number of aliphatic hydroxyl groups excluding tert-OH is 1. The second kappa shape index (κ2) is 7.41. The van der Waals surface area contributed by atoms with Gasteiger partial charge >= 0.3 is 0 Å². The minimum atomic E-state index is -0.729. The molecular weight excluding hydrogens is 385 g/mol. The number of fused-ring (bicyclic) bond motifs is 1. The Labute approximate surface area is 163 Å². The highest BCUT2D eigenvalue weighted by molar-refractivity contribution is 6.30. The van der Waals surface area contributed by atoms with Crippen LogP contribution < -0.4 is 5.32 Å². The Kier molecular flexibility index (Phi) is 4.81. The second-order valence-corrected chi connectivity index (χ2v) is 6.56. The predicted molar refractivity (Wildman–Crippen MR) is 102 cm³/mol. The second-order valence-electron chi connectivity index (χ2n) is 6.16. The van der Waals surface area contributed by atoms with E-state index in [1.807, 2.05) is 6.07 Å². The van der Waals surface area contributed by atoms with E-state index in [-0.39, 0.29) is 11.6 Å². The molecule has 0 bridgehead atoms. The number of hydrogen-bond acceptors (Lipinski definition) is 4. The van der Waals surface area contributed by atoms with Crippen molar-refractivity contribution in [2.75, 3.05) is 6.61 Å². The lowest BCUT2D eigenvalue weighted by Crippen LogP contribution is -2.31. The molecule has 4 N–H and O–H groups in total. The van der Waals surface area contributed by atoms with E-state index in [2.05, 4.69) is 25.5 Å². The number of carbonyl (C=O) groups excluding carboxylic acids is 1.